The Balaban J connectivity index is 2.60. The Hall–Kier alpha value is -0.340. The van der Waals surface area contributed by atoms with Crippen molar-refractivity contribution in [2.75, 3.05) is 31.9 Å². The van der Waals surface area contributed by atoms with Gasteiger partial charge in [-0.25, -0.2) is 12.7 Å². The third-order valence-corrected chi connectivity index (χ3v) is 4.87. The molecule has 0 saturated carbocycles. The number of alkyl halides is 3. The number of hydrogen-bond donors (Lipinski definition) is 1. The van der Waals surface area contributed by atoms with E-state index in [0.717, 1.165) is 4.31 Å². The van der Waals surface area contributed by atoms with Gasteiger partial charge in [0, 0.05) is 19.6 Å². The minimum atomic E-state index is -4.31. The molecule has 0 aromatic heterocycles. The molecule has 1 rings (SSSR count). The van der Waals surface area contributed by atoms with Crippen molar-refractivity contribution in [1.29, 1.82) is 0 Å². The maximum atomic E-state index is 12.6. The molecule has 1 saturated heterocycles. The number of halogens is 3. The van der Waals surface area contributed by atoms with Crippen LogP contribution in [0.25, 0.3) is 0 Å². The van der Waals surface area contributed by atoms with E-state index >= 15 is 0 Å². The summed E-state index contributed by atoms with van der Waals surface area (Å²) in [6.07, 6.45) is -4.02. The van der Waals surface area contributed by atoms with E-state index in [1.165, 1.54) is 0 Å². The Morgan fingerprint density at radius 1 is 1.39 bits per heavy atom. The molecule has 0 aromatic rings. The lowest BCUT2D eigenvalue weighted by Gasteiger charge is -2.32. The zero-order valence-electron chi connectivity index (χ0n) is 10.3. The zero-order valence-corrected chi connectivity index (χ0v) is 11.1. The first kappa shape index (κ1) is 15.7. The van der Waals surface area contributed by atoms with Gasteiger partial charge in [-0.15, -0.1) is 0 Å². The van der Waals surface area contributed by atoms with Gasteiger partial charge in [-0.05, 0) is 19.4 Å². The minimum Gasteiger partial charge on any atom is -0.316 e. The Morgan fingerprint density at radius 2 is 2.06 bits per heavy atom. The Labute approximate surface area is 106 Å². The van der Waals surface area contributed by atoms with Gasteiger partial charge in [0.15, 0.2) is 0 Å². The second-order valence-electron chi connectivity index (χ2n) is 4.41. The molecule has 0 aromatic carbocycles. The van der Waals surface area contributed by atoms with E-state index in [0.29, 0.717) is 6.54 Å². The van der Waals surface area contributed by atoms with E-state index < -0.39 is 28.7 Å². The molecule has 0 bridgehead atoms. The van der Waals surface area contributed by atoms with Crippen LogP contribution < -0.4 is 5.32 Å². The second-order valence-corrected chi connectivity index (χ2v) is 6.50. The molecule has 4 nitrogen and oxygen atoms in total. The van der Waals surface area contributed by atoms with E-state index in [2.05, 4.69) is 5.32 Å². The molecule has 1 aliphatic heterocycles. The fraction of sp³-hybridized carbons (Fsp3) is 1.00. The number of nitrogens with zero attached hydrogens (tertiary/aromatic N) is 1. The first-order valence-corrected chi connectivity index (χ1v) is 7.63. The third-order valence-electron chi connectivity index (χ3n) is 3.03. The van der Waals surface area contributed by atoms with Crippen molar-refractivity contribution in [2.45, 2.75) is 25.9 Å². The van der Waals surface area contributed by atoms with Gasteiger partial charge in [-0.3, -0.25) is 0 Å². The van der Waals surface area contributed by atoms with E-state index in [1.54, 1.807) is 0 Å². The standard InChI is InChI=1S/C10H19F3N2O2S/c1-2-14-5-7-18(16,17)15-6-3-4-9(8-15)10(11,12)13/h9,14H,2-8H2,1H3. The van der Waals surface area contributed by atoms with Gasteiger partial charge >= 0.3 is 6.18 Å². The van der Waals surface area contributed by atoms with Crippen LogP contribution in [-0.2, 0) is 10.0 Å². The normalized spacial score (nSPS) is 23.2. The van der Waals surface area contributed by atoms with E-state index in [9.17, 15) is 21.6 Å². The van der Waals surface area contributed by atoms with Crippen LogP contribution in [-0.4, -0.2) is 50.8 Å². The average molecular weight is 288 g/mol. The fourth-order valence-corrected chi connectivity index (χ4v) is 3.44. The number of sulfonamides is 1. The van der Waals surface area contributed by atoms with Gasteiger partial charge in [0.1, 0.15) is 0 Å². The predicted octanol–water partition coefficient (Wildman–Crippen LogP) is 1.20. The summed E-state index contributed by atoms with van der Waals surface area (Å²) >= 11 is 0. The highest BCUT2D eigenvalue weighted by atomic mass is 32.2. The first-order valence-electron chi connectivity index (χ1n) is 6.02. The van der Waals surface area contributed by atoms with Crippen LogP contribution in [0.2, 0.25) is 0 Å². The molecule has 0 radical (unpaired) electrons. The highest BCUT2D eigenvalue weighted by molar-refractivity contribution is 7.89. The molecule has 1 N–H and O–H groups in total. The summed E-state index contributed by atoms with van der Waals surface area (Å²) in [5.41, 5.74) is 0. The van der Waals surface area contributed by atoms with Gasteiger partial charge in [-0.2, -0.15) is 13.2 Å². The van der Waals surface area contributed by atoms with Crippen molar-refractivity contribution < 1.29 is 21.6 Å². The summed E-state index contributed by atoms with van der Waals surface area (Å²) in [7, 11) is -3.58. The molecule has 8 heteroatoms. The van der Waals surface area contributed by atoms with Crippen LogP contribution in [0.15, 0.2) is 0 Å². The van der Waals surface area contributed by atoms with Crippen molar-refractivity contribution in [1.82, 2.24) is 9.62 Å². The van der Waals surface area contributed by atoms with Crippen LogP contribution >= 0.6 is 0 Å². The lowest BCUT2D eigenvalue weighted by Crippen LogP contribution is -2.46. The molecular formula is C10H19F3N2O2S. The zero-order chi connectivity index (χ0) is 13.8. The maximum Gasteiger partial charge on any atom is 0.393 e. The van der Waals surface area contributed by atoms with E-state index in [1.807, 2.05) is 6.92 Å². The summed E-state index contributed by atoms with van der Waals surface area (Å²) in [5, 5.41) is 2.86. The smallest absolute Gasteiger partial charge is 0.316 e. The summed E-state index contributed by atoms with van der Waals surface area (Å²) in [5.74, 6) is -1.68. The summed E-state index contributed by atoms with van der Waals surface area (Å²) in [6.45, 7) is 2.51. The quantitative estimate of drug-likeness (QED) is 0.773. The molecule has 108 valence electrons. The SMILES string of the molecule is CCNCCS(=O)(=O)N1CCCC(C(F)(F)F)C1. The highest BCUT2D eigenvalue weighted by Crippen LogP contribution is 2.33. The summed E-state index contributed by atoms with van der Waals surface area (Å²) in [4.78, 5) is 0. The number of piperidine rings is 1. The van der Waals surface area contributed by atoms with Gasteiger partial charge in [0.2, 0.25) is 10.0 Å². The lowest BCUT2D eigenvalue weighted by atomic mass is 9.99. The molecule has 1 unspecified atom stereocenters. The Kier molecular flexibility index (Phi) is 5.42. The monoisotopic (exact) mass is 288 g/mol. The average Bonchev–Trinajstić information content (AvgIpc) is 2.28. The predicted molar refractivity (Wildman–Crippen MR) is 62.7 cm³/mol. The first-order chi connectivity index (χ1) is 8.27. The third kappa shape index (κ3) is 4.40. The van der Waals surface area contributed by atoms with Crippen molar-refractivity contribution in [3.63, 3.8) is 0 Å². The fourth-order valence-electron chi connectivity index (χ4n) is 1.97. The number of hydrogen-bond acceptors (Lipinski definition) is 3. The Morgan fingerprint density at radius 3 is 2.61 bits per heavy atom. The van der Waals surface area contributed by atoms with Crippen LogP contribution in [0.5, 0.6) is 0 Å². The lowest BCUT2D eigenvalue weighted by molar-refractivity contribution is -0.182. The molecular weight excluding hydrogens is 269 g/mol. The van der Waals surface area contributed by atoms with Crippen molar-refractivity contribution in [2.24, 2.45) is 5.92 Å². The van der Waals surface area contributed by atoms with E-state index in [-0.39, 0.29) is 31.7 Å². The minimum absolute atomic E-state index is 0.0166. The van der Waals surface area contributed by atoms with Crippen LogP contribution in [0, 0.1) is 5.92 Å². The molecule has 1 atom stereocenters. The molecule has 1 fully saturated rings. The summed E-state index contributed by atoms with van der Waals surface area (Å²) in [6, 6.07) is 0. The van der Waals surface area contributed by atoms with Crippen LogP contribution in [0.3, 0.4) is 0 Å². The van der Waals surface area contributed by atoms with Gasteiger partial charge in [0.05, 0.1) is 11.7 Å². The highest BCUT2D eigenvalue weighted by Gasteiger charge is 2.43. The van der Waals surface area contributed by atoms with Crippen LogP contribution in [0.1, 0.15) is 19.8 Å². The topological polar surface area (TPSA) is 49.4 Å². The van der Waals surface area contributed by atoms with Crippen molar-refractivity contribution in [3.8, 4) is 0 Å². The molecule has 0 spiro atoms. The molecule has 18 heavy (non-hydrogen) atoms. The molecule has 0 amide bonds. The maximum absolute atomic E-state index is 12.6. The molecule has 0 aliphatic carbocycles. The molecule has 1 aliphatic rings. The van der Waals surface area contributed by atoms with Crippen molar-refractivity contribution >= 4 is 10.0 Å². The largest absolute Gasteiger partial charge is 0.393 e. The number of rotatable bonds is 5. The number of nitrogens with one attached hydrogen (secondary N) is 1. The van der Waals surface area contributed by atoms with Gasteiger partial charge in [0.25, 0.3) is 0 Å². The summed E-state index contributed by atoms with van der Waals surface area (Å²) < 4.78 is 62.4. The van der Waals surface area contributed by atoms with Crippen LogP contribution in [0.4, 0.5) is 13.2 Å². The van der Waals surface area contributed by atoms with E-state index in [4.69, 9.17) is 0 Å². The van der Waals surface area contributed by atoms with Crippen molar-refractivity contribution in [3.05, 3.63) is 0 Å². The second kappa shape index (κ2) is 6.21. The molecule has 1 heterocycles. The van der Waals surface area contributed by atoms with Gasteiger partial charge in [-0.1, -0.05) is 6.92 Å². The Bertz CT molecular complexity index is 357. The van der Waals surface area contributed by atoms with Gasteiger partial charge < -0.3 is 5.32 Å².